The molecule has 0 unspecified atom stereocenters. The van der Waals surface area contributed by atoms with Crippen LogP contribution in [-0.2, 0) is 9.53 Å². The van der Waals surface area contributed by atoms with E-state index in [1.54, 1.807) is 0 Å². The van der Waals surface area contributed by atoms with Crippen molar-refractivity contribution in [2.45, 2.75) is 36.8 Å². The van der Waals surface area contributed by atoms with Crippen LogP contribution in [0.2, 0.25) is 0 Å². The van der Waals surface area contributed by atoms with Crippen LogP contribution in [0.25, 0.3) is 0 Å². The average Bonchev–Trinajstić information content (AvgIpc) is 2.58. The van der Waals surface area contributed by atoms with Crippen LogP contribution in [0.5, 0.6) is 0 Å². The lowest BCUT2D eigenvalue weighted by molar-refractivity contribution is -0.394. The van der Waals surface area contributed by atoms with Gasteiger partial charge in [0, 0.05) is 25.0 Å². The van der Waals surface area contributed by atoms with Gasteiger partial charge in [0.25, 0.3) is 11.4 Å². The Morgan fingerprint density at radius 1 is 1.07 bits per heavy atom. The van der Waals surface area contributed by atoms with Crippen molar-refractivity contribution in [3.8, 4) is 0 Å². The first-order valence-corrected chi connectivity index (χ1v) is 7.41. The van der Waals surface area contributed by atoms with E-state index in [2.05, 4.69) is 0 Å². The summed E-state index contributed by atoms with van der Waals surface area (Å²) in [6, 6.07) is 2.02. The molecule has 1 aliphatic rings. The highest BCUT2D eigenvalue weighted by molar-refractivity contribution is 5.91. The molecule has 1 aromatic rings. The fraction of sp³-hybridized carbons (Fsp3) is 0.429. The van der Waals surface area contributed by atoms with Gasteiger partial charge in [-0.15, -0.1) is 0 Å². The van der Waals surface area contributed by atoms with Gasteiger partial charge in [0.1, 0.15) is 12.2 Å². The van der Waals surface area contributed by atoms with Crippen LogP contribution < -0.4 is 0 Å². The molecule has 0 radical (unpaired) electrons. The zero-order chi connectivity index (χ0) is 20.5. The second kappa shape index (κ2) is 7.22. The molecule has 27 heavy (non-hydrogen) atoms. The van der Waals surface area contributed by atoms with Crippen molar-refractivity contribution in [2.24, 2.45) is 0 Å². The van der Waals surface area contributed by atoms with Crippen molar-refractivity contribution in [1.82, 2.24) is 0 Å². The molecule has 0 aromatic heterocycles. The lowest BCUT2D eigenvalue weighted by atomic mass is 9.79. The minimum atomic E-state index is -2.47. The Hall–Kier alpha value is -3.16. The van der Waals surface area contributed by atoms with Gasteiger partial charge in [0.05, 0.1) is 27.6 Å². The summed E-state index contributed by atoms with van der Waals surface area (Å²) in [5.41, 5.74) is -4.59. The molecule has 4 atom stereocenters. The van der Waals surface area contributed by atoms with Crippen LogP contribution in [0.1, 0.15) is 23.2 Å². The fourth-order valence-corrected chi connectivity index (χ4v) is 2.67. The zero-order valence-corrected chi connectivity index (χ0v) is 13.4. The number of nitro groups is 2. The fourth-order valence-electron chi connectivity index (χ4n) is 2.67. The predicted molar refractivity (Wildman–Crippen MR) is 82.8 cm³/mol. The lowest BCUT2D eigenvalue weighted by Crippen LogP contribution is -2.57. The molecule has 1 fully saturated rings. The zero-order valence-electron chi connectivity index (χ0n) is 13.4. The van der Waals surface area contributed by atoms with Gasteiger partial charge < -0.3 is 25.2 Å². The number of hydrogen-bond acceptors (Lipinski definition) is 10. The van der Waals surface area contributed by atoms with E-state index in [9.17, 15) is 45.1 Å². The van der Waals surface area contributed by atoms with Gasteiger partial charge in [-0.05, 0) is 0 Å². The molecule has 1 saturated carbocycles. The second-order valence-corrected chi connectivity index (χ2v) is 6.00. The summed E-state index contributed by atoms with van der Waals surface area (Å²) in [7, 11) is 0. The Labute approximate surface area is 149 Å². The smallest absolute Gasteiger partial charge is 0.339 e. The number of nitro benzene ring substituents is 2. The van der Waals surface area contributed by atoms with E-state index in [4.69, 9.17) is 9.84 Å². The molecule has 0 heterocycles. The van der Waals surface area contributed by atoms with Gasteiger partial charge in [-0.3, -0.25) is 20.2 Å². The number of aliphatic carboxylic acids is 1. The number of ether oxygens (including phenoxy) is 1. The van der Waals surface area contributed by atoms with Crippen LogP contribution in [0, 0.1) is 20.2 Å². The third-order valence-corrected chi connectivity index (χ3v) is 4.08. The van der Waals surface area contributed by atoms with Gasteiger partial charge in [0.2, 0.25) is 0 Å². The van der Waals surface area contributed by atoms with E-state index >= 15 is 0 Å². The van der Waals surface area contributed by atoms with Gasteiger partial charge in [-0.25, -0.2) is 9.59 Å². The first kappa shape index (κ1) is 20.2. The maximum Gasteiger partial charge on any atom is 0.339 e. The normalized spacial score (nSPS) is 27.6. The summed E-state index contributed by atoms with van der Waals surface area (Å²) in [5, 5.41) is 60.3. The second-order valence-electron chi connectivity index (χ2n) is 6.00. The molecular weight excluding hydrogens is 372 g/mol. The van der Waals surface area contributed by atoms with Crippen LogP contribution in [0.3, 0.4) is 0 Å². The first-order chi connectivity index (χ1) is 12.4. The Kier molecular flexibility index (Phi) is 5.39. The Morgan fingerprint density at radius 2 is 1.59 bits per heavy atom. The van der Waals surface area contributed by atoms with Crippen molar-refractivity contribution < 1.29 is 44.6 Å². The summed E-state index contributed by atoms with van der Waals surface area (Å²) in [4.78, 5) is 43.1. The number of esters is 1. The summed E-state index contributed by atoms with van der Waals surface area (Å²) in [5.74, 6) is -3.05. The number of hydrogen-bond donors (Lipinski definition) is 4. The minimum Gasteiger partial charge on any atom is -0.479 e. The van der Waals surface area contributed by atoms with E-state index in [1.807, 2.05) is 0 Å². The number of nitrogens with zero attached hydrogens (tertiary/aromatic N) is 2. The number of carbonyl (C=O) groups is 2. The van der Waals surface area contributed by atoms with E-state index in [-0.39, 0.29) is 0 Å². The van der Waals surface area contributed by atoms with Crippen molar-refractivity contribution in [3.05, 3.63) is 44.0 Å². The molecule has 0 saturated heterocycles. The third-order valence-electron chi connectivity index (χ3n) is 4.08. The Morgan fingerprint density at radius 3 is 2.04 bits per heavy atom. The van der Waals surface area contributed by atoms with E-state index in [1.165, 1.54) is 0 Å². The number of carboxylic acids is 1. The van der Waals surface area contributed by atoms with Crippen LogP contribution in [0.4, 0.5) is 11.4 Å². The maximum atomic E-state index is 12.2. The van der Waals surface area contributed by atoms with Crippen LogP contribution in [-0.4, -0.2) is 66.1 Å². The number of aliphatic hydroxyl groups is 3. The molecule has 13 nitrogen and oxygen atoms in total. The lowest BCUT2D eigenvalue weighted by Gasteiger charge is -2.39. The molecule has 0 spiro atoms. The van der Waals surface area contributed by atoms with Crippen molar-refractivity contribution in [1.29, 1.82) is 0 Å². The highest BCUT2D eigenvalue weighted by atomic mass is 16.6. The molecule has 0 bridgehead atoms. The van der Waals surface area contributed by atoms with Crippen molar-refractivity contribution >= 4 is 23.3 Å². The summed E-state index contributed by atoms with van der Waals surface area (Å²) in [6.07, 6.45) is -6.59. The molecule has 146 valence electrons. The number of carboxylic acid groups (broad SMARTS) is 1. The van der Waals surface area contributed by atoms with Gasteiger partial charge in [-0.2, -0.15) is 0 Å². The molecule has 0 aliphatic heterocycles. The highest BCUT2D eigenvalue weighted by Crippen LogP contribution is 2.32. The SMILES string of the molecule is O=C(O[C@@H]1C[C@](O)(C(=O)O)C[C@@H](O)[C@H]1O)c1cc([N+](=O)[O-])cc([N+](=O)[O-])c1. The van der Waals surface area contributed by atoms with E-state index in [0.29, 0.717) is 18.2 Å². The van der Waals surface area contributed by atoms with Crippen molar-refractivity contribution in [2.75, 3.05) is 0 Å². The number of rotatable bonds is 5. The monoisotopic (exact) mass is 386 g/mol. The van der Waals surface area contributed by atoms with Crippen LogP contribution >= 0.6 is 0 Å². The first-order valence-electron chi connectivity index (χ1n) is 7.41. The molecule has 1 aromatic carbocycles. The number of benzene rings is 1. The Bertz CT molecular complexity index is 778. The summed E-state index contributed by atoms with van der Waals surface area (Å²) in [6.45, 7) is 0. The number of carbonyl (C=O) groups excluding carboxylic acids is 1. The summed E-state index contributed by atoms with van der Waals surface area (Å²) < 4.78 is 4.86. The predicted octanol–water partition coefficient (Wildman–Crippen LogP) is -0.640. The minimum absolute atomic E-state index is 0.595. The standard InChI is InChI=1S/C14H14N2O11/c17-9-4-14(22,13(20)21)5-10(11(9)18)27-12(19)6-1-7(15(23)24)3-8(2-6)16(25)26/h1-3,9-11,17-18,22H,4-5H2,(H,20,21)/t9-,10-,11-,14+/m1/s1. The van der Waals surface area contributed by atoms with Crippen molar-refractivity contribution in [3.63, 3.8) is 0 Å². The van der Waals surface area contributed by atoms with Gasteiger partial charge >= 0.3 is 11.9 Å². The average molecular weight is 386 g/mol. The molecule has 2 rings (SSSR count). The maximum absolute atomic E-state index is 12.2. The molecule has 4 N–H and O–H groups in total. The molecule has 1 aliphatic carbocycles. The number of aliphatic hydroxyl groups excluding tert-OH is 2. The van der Waals surface area contributed by atoms with Crippen LogP contribution in [0.15, 0.2) is 18.2 Å². The van der Waals surface area contributed by atoms with Gasteiger partial charge in [-0.1, -0.05) is 0 Å². The molecule has 13 heteroatoms. The van der Waals surface area contributed by atoms with Gasteiger partial charge in [0.15, 0.2) is 5.60 Å². The Balaban J connectivity index is 2.31. The topological polar surface area (TPSA) is 211 Å². The third kappa shape index (κ3) is 4.16. The largest absolute Gasteiger partial charge is 0.479 e. The molecule has 0 amide bonds. The van der Waals surface area contributed by atoms with E-state index in [0.717, 1.165) is 0 Å². The quantitative estimate of drug-likeness (QED) is 0.284. The number of non-ortho nitro benzene ring substituents is 2. The molecular formula is C14H14N2O11. The highest BCUT2D eigenvalue weighted by Gasteiger charge is 2.50. The summed E-state index contributed by atoms with van der Waals surface area (Å²) >= 11 is 0. The van der Waals surface area contributed by atoms with E-state index < -0.39 is 75.5 Å².